The zero-order chi connectivity index (χ0) is 21.3. The van der Waals surface area contributed by atoms with E-state index in [1.54, 1.807) is 13.2 Å². The van der Waals surface area contributed by atoms with Crippen LogP contribution in [0.25, 0.3) is 0 Å². The van der Waals surface area contributed by atoms with Crippen LogP contribution in [0.4, 0.5) is 5.69 Å². The maximum atomic E-state index is 11.5. The van der Waals surface area contributed by atoms with E-state index in [2.05, 4.69) is 20.4 Å². The Kier molecular flexibility index (Phi) is 6.04. The first kappa shape index (κ1) is 21.2. The molecule has 9 heteroatoms. The molecule has 3 N–H and O–H groups in total. The lowest BCUT2D eigenvalue weighted by molar-refractivity contribution is -0.118. The third-order valence-corrected chi connectivity index (χ3v) is 6.86. The Labute approximate surface area is 185 Å². The lowest BCUT2D eigenvalue weighted by Crippen LogP contribution is -2.64. The van der Waals surface area contributed by atoms with Crippen LogP contribution in [-0.2, 0) is 6.42 Å². The third kappa shape index (κ3) is 4.06. The zero-order valence-corrected chi connectivity index (χ0v) is 18.3. The third-order valence-electron chi connectivity index (χ3n) is 6.07. The lowest BCUT2D eigenvalue weighted by Gasteiger charge is -2.58. The molecule has 2 fully saturated rings. The lowest BCUT2D eigenvalue weighted by atomic mass is 9.61. The van der Waals surface area contributed by atoms with Gasteiger partial charge >= 0.3 is 0 Å². The molecule has 1 aromatic carbocycles. The Hall–Kier alpha value is -2.09. The molecule has 4 rings (SSSR count). The second kappa shape index (κ2) is 8.57. The van der Waals surface area contributed by atoms with Gasteiger partial charge in [0.2, 0.25) is 0 Å². The van der Waals surface area contributed by atoms with Crippen molar-refractivity contribution >= 4 is 35.1 Å². The SMILES string of the molecule is CNc1c(C=N)ccc(OC2CC3(C2)CN(CCCc2cn[nH]c(=O)c2Cl)C3)c1Cl. The average molecular weight is 450 g/mol. The minimum atomic E-state index is -0.327. The molecule has 0 unspecified atom stereocenters. The number of aryl methyl sites for hydroxylation is 1. The Morgan fingerprint density at radius 2 is 2.13 bits per heavy atom. The van der Waals surface area contributed by atoms with E-state index in [1.807, 2.05) is 12.1 Å². The van der Waals surface area contributed by atoms with Crippen molar-refractivity contribution in [1.29, 1.82) is 5.41 Å². The monoisotopic (exact) mass is 449 g/mol. The molecule has 30 heavy (non-hydrogen) atoms. The number of nitrogens with one attached hydrogen (secondary N) is 3. The van der Waals surface area contributed by atoms with Crippen molar-refractivity contribution in [3.05, 3.63) is 49.9 Å². The quantitative estimate of drug-likeness (QED) is 0.535. The molecule has 1 spiro atoms. The number of halogens is 2. The zero-order valence-electron chi connectivity index (χ0n) is 16.8. The van der Waals surface area contributed by atoms with Gasteiger partial charge in [0.05, 0.1) is 11.9 Å². The summed E-state index contributed by atoms with van der Waals surface area (Å²) in [5, 5.41) is 17.5. The van der Waals surface area contributed by atoms with Gasteiger partial charge in [0, 0.05) is 37.3 Å². The first-order valence-corrected chi connectivity index (χ1v) is 10.8. The summed E-state index contributed by atoms with van der Waals surface area (Å²) in [6.07, 6.45) is 6.86. The highest BCUT2D eigenvalue weighted by molar-refractivity contribution is 6.35. The van der Waals surface area contributed by atoms with Crippen LogP contribution in [0.3, 0.4) is 0 Å². The molecule has 1 saturated heterocycles. The van der Waals surface area contributed by atoms with E-state index in [-0.39, 0.29) is 16.7 Å². The van der Waals surface area contributed by atoms with Crippen molar-refractivity contribution in [2.75, 3.05) is 32.0 Å². The van der Waals surface area contributed by atoms with Gasteiger partial charge in [-0.1, -0.05) is 23.2 Å². The number of likely N-dealkylation sites (tertiary alicyclic amines) is 1. The molecule has 0 amide bonds. The summed E-state index contributed by atoms with van der Waals surface area (Å²) in [4.78, 5) is 13.9. The molecule has 2 aliphatic rings. The number of rotatable bonds is 8. The van der Waals surface area contributed by atoms with Crippen LogP contribution < -0.4 is 15.6 Å². The number of hydrogen-bond donors (Lipinski definition) is 3. The predicted molar refractivity (Wildman–Crippen MR) is 120 cm³/mol. The van der Waals surface area contributed by atoms with Crippen LogP contribution in [0.5, 0.6) is 5.75 Å². The molecular weight excluding hydrogens is 425 g/mol. The number of nitrogens with zero attached hydrogens (tertiary/aromatic N) is 2. The van der Waals surface area contributed by atoms with Gasteiger partial charge in [0.1, 0.15) is 21.9 Å². The number of aromatic nitrogens is 2. The number of anilines is 1. The molecule has 7 nitrogen and oxygen atoms in total. The molecule has 1 aliphatic carbocycles. The summed E-state index contributed by atoms with van der Waals surface area (Å²) in [7, 11) is 1.79. The Morgan fingerprint density at radius 1 is 1.37 bits per heavy atom. The van der Waals surface area contributed by atoms with Crippen LogP contribution in [-0.4, -0.2) is 54.1 Å². The van der Waals surface area contributed by atoms with Gasteiger partial charge in [-0.3, -0.25) is 4.79 Å². The van der Waals surface area contributed by atoms with Crippen LogP contribution in [0.15, 0.2) is 23.1 Å². The smallest absolute Gasteiger partial charge is 0.283 e. The molecule has 1 aromatic heterocycles. The van der Waals surface area contributed by atoms with Crippen LogP contribution >= 0.6 is 23.2 Å². The highest BCUT2D eigenvalue weighted by Gasteiger charge is 2.53. The van der Waals surface area contributed by atoms with Crippen molar-refractivity contribution in [2.24, 2.45) is 5.41 Å². The summed E-state index contributed by atoms with van der Waals surface area (Å²) in [5.74, 6) is 0.672. The molecule has 1 saturated carbocycles. The van der Waals surface area contributed by atoms with E-state index < -0.39 is 0 Å². The summed E-state index contributed by atoms with van der Waals surface area (Å²) in [6.45, 7) is 3.14. The summed E-state index contributed by atoms with van der Waals surface area (Å²) in [5.41, 5.74) is 2.31. The normalized spacial score (nSPS) is 18.0. The van der Waals surface area contributed by atoms with Gasteiger partial charge in [0.25, 0.3) is 5.56 Å². The second-order valence-electron chi connectivity index (χ2n) is 8.24. The summed E-state index contributed by atoms with van der Waals surface area (Å²) < 4.78 is 6.13. The van der Waals surface area contributed by atoms with Gasteiger partial charge in [-0.2, -0.15) is 5.10 Å². The van der Waals surface area contributed by atoms with Crippen molar-refractivity contribution in [3.63, 3.8) is 0 Å². The van der Waals surface area contributed by atoms with Crippen molar-refractivity contribution in [2.45, 2.75) is 31.8 Å². The van der Waals surface area contributed by atoms with Crippen LogP contribution in [0.2, 0.25) is 10.0 Å². The van der Waals surface area contributed by atoms with Gasteiger partial charge in [-0.05, 0) is 49.9 Å². The van der Waals surface area contributed by atoms with E-state index in [0.717, 1.165) is 62.1 Å². The topological polar surface area (TPSA) is 94.1 Å². The summed E-state index contributed by atoms with van der Waals surface area (Å²) in [6, 6.07) is 3.69. The number of aromatic amines is 1. The fraction of sp³-hybridized carbons (Fsp3) is 0.476. The standard InChI is InChI=1S/C21H25Cl2N5O2/c1-25-19-13(9-24)4-5-16(18(19)23)30-15-7-21(8-15)11-28(12-21)6-2-3-14-10-26-27-20(29)17(14)22/h4-5,9-10,15,24-25H,2-3,6-8,11-12H2,1H3,(H,27,29). The average Bonchev–Trinajstić information content (AvgIpc) is 2.68. The molecular formula is C21H25Cl2N5O2. The molecule has 0 radical (unpaired) electrons. The van der Waals surface area contributed by atoms with Gasteiger partial charge in [0.15, 0.2) is 0 Å². The largest absolute Gasteiger partial charge is 0.489 e. The van der Waals surface area contributed by atoms with Gasteiger partial charge in [-0.15, -0.1) is 0 Å². The molecule has 0 atom stereocenters. The first-order chi connectivity index (χ1) is 14.4. The van der Waals surface area contributed by atoms with Crippen molar-refractivity contribution < 1.29 is 4.74 Å². The highest BCUT2D eigenvalue weighted by Crippen LogP contribution is 2.50. The minimum Gasteiger partial charge on any atom is -0.489 e. The number of ether oxygens (including phenoxy) is 1. The molecule has 0 bridgehead atoms. The molecule has 2 aromatic rings. The van der Waals surface area contributed by atoms with Crippen molar-refractivity contribution in [3.8, 4) is 5.75 Å². The molecule has 1 aliphatic heterocycles. The summed E-state index contributed by atoms with van der Waals surface area (Å²) >= 11 is 12.5. The Balaban J connectivity index is 1.22. The number of H-pyrrole nitrogens is 1. The van der Waals surface area contributed by atoms with Gasteiger partial charge in [-0.25, -0.2) is 5.10 Å². The fourth-order valence-corrected chi connectivity index (χ4v) is 5.11. The van der Waals surface area contributed by atoms with E-state index in [4.69, 9.17) is 33.3 Å². The molecule has 160 valence electrons. The van der Waals surface area contributed by atoms with Crippen molar-refractivity contribution in [1.82, 2.24) is 15.1 Å². The fourth-order valence-electron chi connectivity index (χ4n) is 4.61. The minimum absolute atomic E-state index is 0.182. The second-order valence-corrected chi connectivity index (χ2v) is 8.99. The van der Waals surface area contributed by atoms with Gasteiger partial charge < -0.3 is 20.4 Å². The van der Waals surface area contributed by atoms with Crippen LogP contribution in [0, 0.1) is 10.8 Å². The predicted octanol–water partition coefficient (Wildman–Crippen LogP) is 3.59. The van der Waals surface area contributed by atoms with E-state index in [1.165, 1.54) is 6.21 Å². The number of benzene rings is 1. The van der Waals surface area contributed by atoms with E-state index in [9.17, 15) is 4.79 Å². The maximum absolute atomic E-state index is 11.5. The Bertz CT molecular complexity index is 995. The first-order valence-electron chi connectivity index (χ1n) is 10.1. The molecule has 2 heterocycles. The van der Waals surface area contributed by atoms with E-state index >= 15 is 0 Å². The number of hydrogen-bond acceptors (Lipinski definition) is 6. The van der Waals surface area contributed by atoms with Crippen LogP contribution in [0.1, 0.15) is 30.4 Å². The van der Waals surface area contributed by atoms with E-state index in [0.29, 0.717) is 16.2 Å². The highest BCUT2D eigenvalue weighted by atomic mass is 35.5. The maximum Gasteiger partial charge on any atom is 0.283 e. The Morgan fingerprint density at radius 3 is 2.83 bits per heavy atom.